The Kier molecular flexibility index (Phi) is 5.59. The molecule has 0 spiro atoms. The minimum Gasteiger partial charge on any atom is -0.480 e. The van der Waals surface area contributed by atoms with Crippen LogP contribution in [-0.2, 0) is 9.59 Å². The van der Waals surface area contributed by atoms with Crippen molar-refractivity contribution in [2.75, 3.05) is 19.6 Å². The Morgan fingerprint density at radius 2 is 1.89 bits per heavy atom. The van der Waals surface area contributed by atoms with Gasteiger partial charge in [0.15, 0.2) is 0 Å². The van der Waals surface area contributed by atoms with Crippen molar-refractivity contribution < 1.29 is 14.7 Å². The quantitative estimate of drug-likeness (QED) is 0.748. The van der Waals surface area contributed by atoms with Gasteiger partial charge in [-0.25, -0.2) is 0 Å². The fourth-order valence-electron chi connectivity index (χ4n) is 2.73. The highest BCUT2D eigenvalue weighted by Crippen LogP contribution is 2.38. The van der Waals surface area contributed by atoms with Gasteiger partial charge in [-0.15, -0.1) is 0 Å². The van der Waals surface area contributed by atoms with E-state index in [4.69, 9.17) is 10.8 Å². The Bertz CT molecular complexity index is 299. The number of nitrogens with two attached hydrogens (primary N) is 1. The van der Waals surface area contributed by atoms with Crippen molar-refractivity contribution >= 4 is 11.9 Å². The van der Waals surface area contributed by atoms with Crippen molar-refractivity contribution in [3.63, 3.8) is 0 Å². The minimum absolute atomic E-state index is 0.0766. The third-order valence-electron chi connectivity index (χ3n) is 3.93. The molecule has 0 aromatic rings. The van der Waals surface area contributed by atoms with Crippen molar-refractivity contribution in [3.05, 3.63) is 0 Å². The van der Waals surface area contributed by atoms with Crippen LogP contribution in [0.15, 0.2) is 0 Å². The molecule has 3 N–H and O–H groups in total. The highest BCUT2D eigenvalue weighted by atomic mass is 16.4. The first-order valence-corrected chi connectivity index (χ1v) is 6.72. The highest BCUT2D eigenvalue weighted by Gasteiger charge is 2.34. The fraction of sp³-hybridized carbons (Fsp3) is 0.846. The van der Waals surface area contributed by atoms with Crippen molar-refractivity contribution in [1.29, 1.82) is 0 Å². The second-order valence-electron chi connectivity index (χ2n) is 5.24. The van der Waals surface area contributed by atoms with Gasteiger partial charge < -0.3 is 15.7 Å². The molecule has 0 radical (unpaired) electrons. The van der Waals surface area contributed by atoms with Crippen LogP contribution in [0.25, 0.3) is 0 Å². The molecule has 5 nitrogen and oxygen atoms in total. The number of amides is 1. The van der Waals surface area contributed by atoms with Crippen molar-refractivity contribution in [1.82, 2.24) is 4.90 Å². The van der Waals surface area contributed by atoms with Crippen molar-refractivity contribution in [2.45, 2.75) is 45.4 Å². The van der Waals surface area contributed by atoms with Crippen molar-refractivity contribution in [2.24, 2.45) is 11.1 Å². The van der Waals surface area contributed by atoms with E-state index in [1.807, 2.05) is 0 Å². The Labute approximate surface area is 108 Å². The number of rotatable bonds is 6. The average molecular weight is 256 g/mol. The van der Waals surface area contributed by atoms with E-state index in [-0.39, 0.29) is 17.9 Å². The van der Waals surface area contributed by atoms with Gasteiger partial charge in [0.2, 0.25) is 5.91 Å². The number of nitrogens with zero attached hydrogens (tertiary/aromatic N) is 1. The Morgan fingerprint density at radius 1 is 1.28 bits per heavy atom. The van der Waals surface area contributed by atoms with E-state index in [2.05, 4.69) is 0 Å². The molecule has 1 aliphatic carbocycles. The summed E-state index contributed by atoms with van der Waals surface area (Å²) in [5, 5.41) is 8.77. The first-order valence-electron chi connectivity index (χ1n) is 6.72. The third kappa shape index (κ3) is 3.98. The summed E-state index contributed by atoms with van der Waals surface area (Å²) in [6.45, 7) is 2.54. The van der Waals surface area contributed by atoms with E-state index >= 15 is 0 Å². The molecule has 1 aliphatic rings. The minimum atomic E-state index is -0.962. The van der Waals surface area contributed by atoms with Gasteiger partial charge in [-0.3, -0.25) is 9.59 Å². The topological polar surface area (TPSA) is 83.6 Å². The van der Waals surface area contributed by atoms with E-state index < -0.39 is 5.97 Å². The normalized spacial score (nSPS) is 18.3. The van der Waals surface area contributed by atoms with E-state index in [1.165, 1.54) is 11.3 Å². The summed E-state index contributed by atoms with van der Waals surface area (Å²) in [6, 6.07) is 0. The third-order valence-corrected chi connectivity index (χ3v) is 3.93. The van der Waals surface area contributed by atoms with E-state index in [0.29, 0.717) is 19.5 Å². The van der Waals surface area contributed by atoms with Crippen LogP contribution in [0.2, 0.25) is 0 Å². The molecule has 0 saturated heterocycles. The molecule has 1 amide bonds. The lowest BCUT2D eigenvalue weighted by Crippen LogP contribution is -2.42. The van der Waals surface area contributed by atoms with Crippen LogP contribution in [0.5, 0.6) is 0 Å². The molecule has 0 bridgehead atoms. The first-order chi connectivity index (χ1) is 8.53. The van der Waals surface area contributed by atoms with E-state index in [9.17, 15) is 9.59 Å². The Hall–Kier alpha value is -1.10. The zero-order valence-corrected chi connectivity index (χ0v) is 11.2. The number of carboxylic acids is 1. The smallest absolute Gasteiger partial charge is 0.323 e. The van der Waals surface area contributed by atoms with Crippen LogP contribution in [0, 0.1) is 5.41 Å². The Morgan fingerprint density at radius 3 is 2.33 bits per heavy atom. The molecule has 0 unspecified atom stereocenters. The van der Waals surface area contributed by atoms with Gasteiger partial charge >= 0.3 is 5.97 Å². The summed E-state index contributed by atoms with van der Waals surface area (Å²) in [5.74, 6) is -1.04. The maximum atomic E-state index is 12.1. The molecular formula is C13H24N2O3. The number of carbonyl (C=O) groups excluding carboxylic acids is 1. The lowest BCUT2D eigenvalue weighted by molar-refractivity contribution is -0.145. The van der Waals surface area contributed by atoms with E-state index in [0.717, 1.165) is 25.7 Å². The van der Waals surface area contributed by atoms with Crippen LogP contribution in [0.4, 0.5) is 0 Å². The van der Waals surface area contributed by atoms with Gasteiger partial charge in [-0.1, -0.05) is 19.3 Å². The number of carboxylic acid groups (broad SMARTS) is 1. The lowest BCUT2D eigenvalue weighted by Gasteiger charge is -2.37. The van der Waals surface area contributed by atoms with Crippen molar-refractivity contribution in [3.8, 4) is 0 Å². The number of aliphatic carboxylic acids is 1. The summed E-state index contributed by atoms with van der Waals surface area (Å²) >= 11 is 0. The second-order valence-corrected chi connectivity index (χ2v) is 5.24. The van der Waals surface area contributed by atoms with Gasteiger partial charge in [0, 0.05) is 13.0 Å². The molecule has 0 heterocycles. The molecule has 0 aromatic carbocycles. The zero-order chi connectivity index (χ0) is 13.6. The Balaban J connectivity index is 2.62. The fourth-order valence-corrected chi connectivity index (χ4v) is 2.73. The molecule has 104 valence electrons. The molecule has 18 heavy (non-hydrogen) atoms. The molecule has 0 aliphatic heterocycles. The summed E-state index contributed by atoms with van der Waals surface area (Å²) < 4.78 is 0. The molecule has 5 heteroatoms. The van der Waals surface area contributed by atoms with Crippen LogP contribution in [-0.4, -0.2) is 41.5 Å². The molecule has 1 fully saturated rings. The number of hydrogen-bond donors (Lipinski definition) is 2. The average Bonchev–Trinajstić information content (AvgIpc) is 2.36. The predicted molar refractivity (Wildman–Crippen MR) is 69.1 cm³/mol. The number of hydrogen-bond acceptors (Lipinski definition) is 3. The molecule has 1 saturated carbocycles. The van der Waals surface area contributed by atoms with Gasteiger partial charge in [-0.05, 0) is 31.7 Å². The van der Waals surface area contributed by atoms with Gasteiger partial charge in [0.25, 0.3) is 0 Å². The highest BCUT2D eigenvalue weighted by molar-refractivity contribution is 5.81. The monoisotopic (exact) mass is 256 g/mol. The molecule has 0 atom stereocenters. The van der Waals surface area contributed by atoms with Gasteiger partial charge in [0.05, 0.1) is 0 Å². The maximum absolute atomic E-state index is 12.1. The summed E-state index contributed by atoms with van der Waals surface area (Å²) in [6.07, 6.45) is 5.82. The number of likely N-dealkylation sites (N-methyl/N-ethyl adjacent to an activating group) is 1. The van der Waals surface area contributed by atoms with Crippen LogP contribution < -0.4 is 5.73 Å². The van der Waals surface area contributed by atoms with Crippen LogP contribution in [0.1, 0.15) is 45.4 Å². The first kappa shape index (κ1) is 15.0. The number of carbonyl (C=O) groups is 2. The van der Waals surface area contributed by atoms with Crippen LogP contribution in [0.3, 0.4) is 0 Å². The molecular weight excluding hydrogens is 232 g/mol. The second kappa shape index (κ2) is 6.73. The van der Waals surface area contributed by atoms with Crippen LogP contribution >= 0.6 is 0 Å². The predicted octanol–water partition coefficient (Wildman–Crippen LogP) is 1.22. The standard InChI is InChI=1S/C13H24N2O3/c1-2-15(9-12(17)18)11(16)8-13(10-14)6-4-3-5-7-13/h2-10,14H2,1H3,(H,17,18). The van der Waals surface area contributed by atoms with E-state index in [1.54, 1.807) is 6.92 Å². The summed E-state index contributed by atoms with van der Waals surface area (Å²) in [4.78, 5) is 24.2. The maximum Gasteiger partial charge on any atom is 0.323 e. The largest absolute Gasteiger partial charge is 0.480 e. The summed E-state index contributed by atoms with van der Waals surface area (Å²) in [7, 11) is 0. The van der Waals surface area contributed by atoms with Gasteiger partial charge in [-0.2, -0.15) is 0 Å². The SMILES string of the molecule is CCN(CC(=O)O)C(=O)CC1(CN)CCCCC1. The zero-order valence-electron chi connectivity index (χ0n) is 11.2. The molecule has 0 aromatic heterocycles. The lowest BCUT2D eigenvalue weighted by atomic mass is 9.71. The summed E-state index contributed by atoms with van der Waals surface area (Å²) in [5.41, 5.74) is 5.75. The van der Waals surface area contributed by atoms with Gasteiger partial charge in [0.1, 0.15) is 6.54 Å². The molecule has 1 rings (SSSR count).